The normalized spacial score (nSPS) is 13.5. The van der Waals surface area contributed by atoms with Gasteiger partial charge in [-0.05, 0) is 35.9 Å². The number of aryl methyl sites for hydroxylation is 1. The molecule has 1 aromatic heterocycles. The number of amides is 1. The van der Waals surface area contributed by atoms with E-state index in [2.05, 4.69) is 10.3 Å². The number of nitrogens with one attached hydrogen (secondary N) is 1. The molecule has 7 nitrogen and oxygen atoms in total. The van der Waals surface area contributed by atoms with Crippen LogP contribution in [0.1, 0.15) is 17.4 Å². The summed E-state index contributed by atoms with van der Waals surface area (Å²) in [7, 11) is 3.54. The van der Waals surface area contributed by atoms with Crippen LogP contribution in [0.25, 0.3) is 0 Å². The fourth-order valence-corrected chi connectivity index (χ4v) is 3.95. The zero-order valence-corrected chi connectivity index (χ0v) is 17.6. The lowest BCUT2D eigenvalue weighted by atomic mass is 10.1. The van der Waals surface area contributed by atoms with Crippen molar-refractivity contribution in [2.24, 2.45) is 7.05 Å². The summed E-state index contributed by atoms with van der Waals surface area (Å²) in [6.45, 7) is 1.09. The average Bonchev–Trinajstić information content (AvgIpc) is 3.21. The van der Waals surface area contributed by atoms with E-state index in [9.17, 15) is 4.79 Å². The largest absolute Gasteiger partial charge is 0.497 e. The second-order valence-electron chi connectivity index (χ2n) is 6.76. The van der Waals surface area contributed by atoms with Gasteiger partial charge in [0.25, 0.3) is 0 Å². The van der Waals surface area contributed by atoms with Crippen molar-refractivity contribution in [3.8, 4) is 17.2 Å². The minimum atomic E-state index is -0.357. The third kappa shape index (κ3) is 4.54. The predicted molar refractivity (Wildman–Crippen MR) is 114 cm³/mol. The van der Waals surface area contributed by atoms with E-state index in [1.807, 2.05) is 60.3 Å². The number of hydrogen-bond acceptors (Lipinski definition) is 6. The zero-order chi connectivity index (χ0) is 20.9. The van der Waals surface area contributed by atoms with Gasteiger partial charge in [-0.2, -0.15) is 0 Å². The molecule has 0 radical (unpaired) electrons. The van der Waals surface area contributed by atoms with E-state index < -0.39 is 0 Å². The standard InChI is InChI=1S/C22H23N3O4S/c1-25-10-9-23-22(25)21(15-3-5-16(27-2)6-4-15)24-20(26)14-30-17-7-8-18-19(13-17)29-12-11-28-18/h3-10,13,21H,11-12,14H2,1-2H3,(H,24,26)/t21-/m1/s1. The summed E-state index contributed by atoms with van der Waals surface area (Å²) >= 11 is 1.45. The Hall–Kier alpha value is -3.13. The number of carbonyl (C=O) groups excluding carboxylic acids is 1. The summed E-state index contributed by atoms with van der Waals surface area (Å²) < 4.78 is 18.3. The molecule has 4 rings (SSSR count). The summed E-state index contributed by atoms with van der Waals surface area (Å²) in [6.07, 6.45) is 3.59. The second kappa shape index (κ2) is 9.13. The van der Waals surface area contributed by atoms with Crippen LogP contribution in [0.2, 0.25) is 0 Å². The summed E-state index contributed by atoms with van der Waals surface area (Å²) in [5.41, 5.74) is 0.933. The third-order valence-electron chi connectivity index (χ3n) is 4.75. The molecule has 1 aliphatic rings. The molecule has 3 aromatic rings. The van der Waals surface area contributed by atoms with E-state index >= 15 is 0 Å². The molecule has 0 spiro atoms. The fraction of sp³-hybridized carbons (Fsp3) is 0.273. The Bertz CT molecular complexity index is 1020. The van der Waals surface area contributed by atoms with Gasteiger partial charge in [0, 0.05) is 24.3 Å². The lowest BCUT2D eigenvalue weighted by molar-refractivity contribution is -0.119. The van der Waals surface area contributed by atoms with Crippen LogP contribution >= 0.6 is 11.8 Å². The smallest absolute Gasteiger partial charge is 0.231 e. The van der Waals surface area contributed by atoms with E-state index in [4.69, 9.17) is 14.2 Å². The van der Waals surface area contributed by atoms with Crippen molar-refractivity contribution in [1.82, 2.24) is 14.9 Å². The van der Waals surface area contributed by atoms with E-state index in [1.165, 1.54) is 11.8 Å². The summed E-state index contributed by atoms with van der Waals surface area (Å²) in [6, 6.07) is 13.0. The Balaban J connectivity index is 1.46. The van der Waals surface area contributed by atoms with Crippen LogP contribution in [0.5, 0.6) is 17.2 Å². The van der Waals surface area contributed by atoms with E-state index in [0.717, 1.165) is 33.5 Å². The summed E-state index contributed by atoms with van der Waals surface area (Å²) in [5, 5.41) is 3.11. The second-order valence-corrected chi connectivity index (χ2v) is 7.81. The van der Waals surface area contributed by atoms with Crippen LogP contribution in [-0.2, 0) is 11.8 Å². The minimum absolute atomic E-state index is 0.0845. The molecule has 1 amide bonds. The van der Waals surface area contributed by atoms with Crippen molar-refractivity contribution < 1.29 is 19.0 Å². The van der Waals surface area contributed by atoms with Gasteiger partial charge in [-0.25, -0.2) is 4.98 Å². The number of benzene rings is 2. The molecule has 2 heterocycles. The number of thioether (sulfide) groups is 1. The molecule has 0 bridgehead atoms. The van der Waals surface area contributed by atoms with E-state index in [0.29, 0.717) is 13.2 Å². The molecule has 1 atom stereocenters. The average molecular weight is 426 g/mol. The highest BCUT2D eigenvalue weighted by Crippen LogP contribution is 2.34. The number of fused-ring (bicyclic) bond motifs is 1. The van der Waals surface area contributed by atoms with Gasteiger partial charge in [0.15, 0.2) is 11.5 Å². The van der Waals surface area contributed by atoms with Gasteiger partial charge < -0.3 is 24.1 Å². The Morgan fingerprint density at radius 3 is 2.67 bits per heavy atom. The zero-order valence-electron chi connectivity index (χ0n) is 16.8. The SMILES string of the molecule is COc1ccc([C@@H](NC(=O)CSc2ccc3c(c2)OCCO3)c2nccn2C)cc1. The molecule has 8 heteroatoms. The lowest BCUT2D eigenvalue weighted by Crippen LogP contribution is -2.32. The van der Waals surface area contributed by atoms with Crippen molar-refractivity contribution in [1.29, 1.82) is 0 Å². The van der Waals surface area contributed by atoms with Crippen molar-refractivity contribution in [3.05, 3.63) is 66.2 Å². The number of nitrogens with zero attached hydrogens (tertiary/aromatic N) is 2. The first-order valence-corrected chi connectivity index (χ1v) is 10.6. The van der Waals surface area contributed by atoms with Gasteiger partial charge >= 0.3 is 0 Å². The number of aromatic nitrogens is 2. The van der Waals surface area contributed by atoms with Crippen LogP contribution in [0.15, 0.2) is 59.8 Å². The molecule has 0 unspecified atom stereocenters. The topological polar surface area (TPSA) is 74.6 Å². The molecule has 2 aromatic carbocycles. The first-order valence-electron chi connectivity index (χ1n) is 9.57. The number of imidazole rings is 1. The van der Waals surface area contributed by atoms with Gasteiger partial charge in [-0.3, -0.25) is 4.79 Å². The van der Waals surface area contributed by atoms with Gasteiger partial charge in [0.2, 0.25) is 5.91 Å². The minimum Gasteiger partial charge on any atom is -0.497 e. The molecule has 0 saturated heterocycles. The molecule has 1 aliphatic heterocycles. The van der Waals surface area contributed by atoms with Gasteiger partial charge in [0.1, 0.15) is 30.8 Å². The maximum absolute atomic E-state index is 12.8. The van der Waals surface area contributed by atoms with Crippen molar-refractivity contribution in [2.45, 2.75) is 10.9 Å². The quantitative estimate of drug-likeness (QED) is 0.586. The molecule has 0 saturated carbocycles. The molecule has 156 valence electrons. The van der Waals surface area contributed by atoms with Crippen molar-refractivity contribution >= 4 is 17.7 Å². The number of carbonyl (C=O) groups is 1. The fourth-order valence-electron chi connectivity index (χ4n) is 3.21. The van der Waals surface area contributed by atoms with Crippen LogP contribution in [0.3, 0.4) is 0 Å². The molecule has 1 N–H and O–H groups in total. The number of rotatable bonds is 7. The predicted octanol–water partition coefficient (Wildman–Crippen LogP) is 3.20. The Morgan fingerprint density at radius 1 is 1.20 bits per heavy atom. The summed E-state index contributed by atoms with van der Waals surface area (Å²) in [5.74, 6) is 3.17. The first-order chi connectivity index (χ1) is 14.6. The maximum Gasteiger partial charge on any atom is 0.231 e. The van der Waals surface area contributed by atoms with Crippen molar-refractivity contribution in [3.63, 3.8) is 0 Å². The monoisotopic (exact) mass is 425 g/mol. The maximum atomic E-state index is 12.8. The third-order valence-corrected chi connectivity index (χ3v) is 5.75. The van der Waals surface area contributed by atoms with Crippen LogP contribution in [-0.4, -0.2) is 41.5 Å². The molecular formula is C22H23N3O4S. The van der Waals surface area contributed by atoms with E-state index in [1.54, 1.807) is 13.3 Å². The highest BCUT2D eigenvalue weighted by Gasteiger charge is 2.21. The van der Waals surface area contributed by atoms with Crippen LogP contribution < -0.4 is 19.5 Å². The molecule has 30 heavy (non-hydrogen) atoms. The van der Waals surface area contributed by atoms with Gasteiger partial charge in [0.05, 0.1) is 12.9 Å². The highest BCUT2D eigenvalue weighted by molar-refractivity contribution is 8.00. The van der Waals surface area contributed by atoms with Gasteiger partial charge in [-0.1, -0.05) is 12.1 Å². The van der Waals surface area contributed by atoms with Crippen LogP contribution in [0, 0.1) is 0 Å². The first kappa shape index (κ1) is 20.2. The Kier molecular flexibility index (Phi) is 6.13. The van der Waals surface area contributed by atoms with E-state index in [-0.39, 0.29) is 17.7 Å². The lowest BCUT2D eigenvalue weighted by Gasteiger charge is -2.20. The van der Waals surface area contributed by atoms with Crippen molar-refractivity contribution in [2.75, 3.05) is 26.1 Å². The summed E-state index contributed by atoms with van der Waals surface area (Å²) in [4.78, 5) is 18.2. The Labute approximate surface area is 179 Å². The number of ether oxygens (including phenoxy) is 3. The molecular weight excluding hydrogens is 402 g/mol. The van der Waals surface area contributed by atoms with Gasteiger partial charge in [-0.15, -0.1) is 11.8 Å². The Morgan fingerprint density at radius 2 is 1.97 bits per heavy atom. The number of hydrogen-bond donors (Lipinski definition) is 1. The molecule has 0 fully saturated rings. The number of methoxy groups -OCH3 is 1. The van der Waals surface area contributed by atoms with Crippen LogP contribution in [0.4, 0.5) is 0 Å². The highest BCUT2D eigenvalue weighted by atomic mass is 32.2. The molecule has 0 aliphatic carbocycles.